The normalized spacial score (nSPS) is 16.7. The molecule has 3 heterocycles. The summed E-state index contributed by atoms with van der Waals surface area (Å²) in [5.74, 6) is 0. The molecule has 0 N–H and O–H groups in total. The first-order valence-corrected chi connectivity index (χ1v) is 10.6. The highest BCUT2D eigenvalue weighted by Crippen LogP contribution is 2.28. The van der Waals surface area contributed by atoms with Gasteiger partial charge in [0.15, 0.2) is 0 Å². The highest BCUT2D eigenvalue weighted by atomic mass is 127. The van der Waals surface area contributed by atoms with Gasteiger partial charge in [0.25, 0.3) is 0 Å². The maximum Gasteiger partial charge on any atom is 0.243 e. The molecular formula is C14H13IN4O3S2. The van der Waals surface area contributed by atoms with Crippen LogP contribution in [0.2, 0.25) is 0 Å². The van der Waals surface area contributed by atoms with E-state index in [1.54, 1.807) is 22.7 Å². The summed E-state index contributed by atoms with van der Waals surface area (Å²) in [7, 11) is -3.51. The minimum atomic E-state index is -3.51. The number of hydrogen-bond donors (Lipinski definition) is 0. The molecule has 2 aromatic heterocycles. The average Bonchev–Trinajstić information content (AvgIpc) is 3.13. The number of benzene rings is 1. The Morgan fingerprint density at radius 2 is 2.04 bits per heavy atom. The van der Waals surface area contributed by atoms with E-state index in [2.05, 4.69) is 32.7 Å². The molecule has 1 aliphatic rings. The fourth-order valence-corrected chi connectivity index (χ4v) is 5.50. The number of imidazole rings is 1. The molecule has 126 valence electrons. The fraction of sp³-hybridized carbons (Fsp3) is 0.286. The first kappa shape index (κ1) is 16.4. The smallest absolute Gasteiger partial charge is 0.243 e. The number of hydrogen-bond acceptors (Lipinski definition) is 6. The minimum Gasteiger partial charge on any atom is -0.379 e. The van der Waals surface area contributed by atoms with Gasteiger partial charge in [-0.3, -0.25) is 0 Å². The van der Waals surface area contributed by atoms with Crippen LogP contribution in [0, 0.1) is 3.70 Å². The number of morpholine rings is 1. The first-order chi connectivity index (χ1) is 11.5. The molecule has 1 saturated heterocycles. The lowest BCUT2D eigenvalue weighted by Crippen LogP contribution is -2.40. The van der Waals surface area contributed by atoms with E-state index in [4.69, 9.17) is 4.74 Å². The summed E-state index contributed by atoms with van der Waals surface area (Å²) in [5, 5.41) is 5.22. The van der Waals surface area contributed by atoms with Crippen LogP contribution in [0.3, 0.4) is 0 Å². The van der Waals surface area contributed by atoms with Crippen LogP contribution >= 0.6 is 33.9 Å². The Kier molecular flexibility index (Phi) is 4.33. The van der Waals surface area contributed by atoms with Gasteiger partial charge in [0.1, 0.15) is 8.71 Å². The molecule has 7 nitrogen and oxygen atoms in total. The number of rotatable bonds is 3. The molecule has 0 radical (unpaired) electrons. The van der Waals surface area contributed by atoms with Gasteiger partial charge in [-0.2, -0.15) is 9.40 Å². The number of halogens is 1. The Bertz CT molecular complexity index is 961. The van der Waals surface area contributed by atoms with Gasteiger partial charge in [-0.15, -0.1) is 0 Å². The maximum atomic E-state index is 12.8. The first-order valence-electron chi connectivity index (χ1n) is 7.24. The summed E-state index contributed by atoms with van der Waals surface area (Å²) >= 11 is 3.57. The molecule has 1 aromatic carbocycles. The molecule has 1 aliphatic heterocycles. The van der Waals surface area contributed by atoms with Crippen molar-refractivity contribution >= 4 is 48.9 Å². The average molecular weight is 476 g/mol. The highest BCUT2D eigenvalue weighted by Gasteiger charge is 2.26. The van der Waals surface area contributed by atoms with Crippen LogP contribution in [0.15, 0.2) is 35.4 Å². The topological polar surface area (TPSA) is 76.8 Å². The molecule has 0 spiro atoms. The lowest BCUT2D eigenvalue weighted by molar-refractivity contribution is 0.0730. The Morgan fingerprint density at radius 1 is 1.25 bits per heavy atom. The van der Waals surface area contributed by atoms with E-state index in [-0.39, 0.29) is 4.90 Å². The van der Waals surface area contributed by atoms with Crippen LogP contribution in [0.5, 0.6) is 0 Å². The number of fused-ring (bicyclic) bond motifs is 1. The van der Waals surface area contributed by atoms with Crippen LogP contribution in [-0.2, 0) is 14.8 Å². The molecule has 0 amide bonds. The van der Waals surface area contributed by atoms with Crippen molar-refractivity contribution in [1.29, 1.82) is 0 Å². The zero-order valence-electron chi connectivity index (χ0n) is 12.4. The molecule has 4 rings (SSSR count). The van der Waals surface area contributed by atoms with Crippen LogP contribution in [0.4, 0.5) is 0 Å². The number of ether oxygens (including phenoxy) is 1. The Morgan fingerprint density at radius 3 is 2.79 bits per heavy atom. The van der Waals surface area contributed by atoms with Gasteiger partial charge in [0.05, 0.1) is 24.3 Å². The second-order valence-electron chi connectivity index (χ2n) is 5.24. The van der Waals surface area contributed by atoms with E-state index >= 15 is 0 Å². The lowest BCUT2D eigenvalue weighted by atomic mass is 10.2. The monoisotopic (exact) mass is 476 g/mol. The third kappa shape index (κ3) is 2.96. The van der Waals surface area contributed by atoms with Crippen molar-refractivity contribution in [3.8, 4) is 10.6 Å². The number of nitrogens with zero attached hydrogens (tertiary/aromatic N) is 4. The van der Waals surface area contributed by atoms with Crippen LogP contribution in [0.1, 0.15) is 0 Å². The number of sulfonamides is 1. The summed E-state index contributed by atoms with van der Waals surface area (Å²) in [6.07, 6.45) is 1.84. The third-order valence-electron chi connectivity index (χ3n) is 3.70. The van der Waals surface area contributed by atoms with Gasteiger partial charge in [-0.05, 0) is 34.7 Å². The summed E-state index contributed by atoms with van der Waals surface area (Å²) in [6.45, 7) is 1.63. The Hall–Kier alpha value is -1.08. The predicted octanol–water partition coefficient (Wildman–Crippen LogP) is 2.08. The van der Waals surface area contributed by atoms with Gasteiger partial charge >= 0.3 is 0 Å². The SMILES string of the molecule is O=S(=O)(c1cccc(-c2nn3cc(I)nc3s2)c1)N1CCOCC1. The molecule has 0 aliphatic carbocycles. The van der Waals surface area contributed by atoms with E-state index in [1.165, 1.54) is 15.6 Å². The molecule has 1 fully saturated rings. The number of aromatic nitrogens is 3. The van der Waals surface area contributed by atoms with Crippen molar-refractivity contribution in [3.63, 3.8) is 0 Å². The molecule has 0 unspecified atom stereocenters. The zero-order chi connectivity index (χ0) is 16.7. The van der Waals surface area contributed by atoms with E-state index in [9.17, 15) is 8.42 Å². The minimum absolute atomic E-state index is 0.282. The van der Waals surface area contributed by atoms with Gasteiger partial charge < -0.3 is 4.74 Å². The molecule has 0 atom stereocenters. The van der Waals surface area contributed by atoms with E-state index in [0.717, 1.165) is 19.2 Å². The molecule has 0 bridgehead atoms. The van der Waals surface area contributed by atoms with E-state index in [1.807, 2.05) is 12.3 Å². The summed E-state index contributed by atoms with van der Waals surface area (Å²) in [6, 6.07) is 6.90. The molecule has 24 heavy (non-hydrogen) atoms. The molecule has 10 heteroatoms. The van der Waals surface area contributed by atoms with Crippen molar-refractivity contribution in [2.45, 2.75) is 4.90 Å². The summed E-state index contributed by atoms with van der Waals surface area (Å²) < 4.78 is 34.8. The largest absolute Gasteiger partial charge is 0.379 e. The van der Waals surface area contributed by atoms with Crippen molar-refractivity contribution in [2.75, 3.05) is 26.3 Å². The standard InChI is InChI=1S/C14H13IN4O3S2/c15-12-9-19-14(16-12)23-13(17-19)10-2-1-3-11(8-10)24(20,21)18-4-6-22-7-5-18/h1-3,8-9H,4-7H2. The van der Waals surface area contributed by atoms with Crippen molar-refractivity contribution in [1.82, 2.24) is 18.9 Å². The maximum absolute atomic E-state index is 12.8. The van der Waals surface area contributed by atoms with Crippen LogP contribution in [0.25, 0.3) is 15.5 Å². The van der Waals surface area contributed by atoms with E-state index in [0.29, 0.717) is 26.3 Å². The predicted molar refractivity (Wildman–Crippen MR) is 98.6 cm³/mol. The zero-order valence-corrected chi connectivity index (χ0v) is 16.2. The van der Waals surface area contributed by atoms with Crippen molar-refractivity contribution in [2.24, 2.45) is 0 Å². The van der Waals surface area contributed by atoms with Gasteiger partial charge in [-0.25, -0.2) is 17.9 Å². The van der Waals surface area contributed by atoms with Crippen LogP contribution < -0.4 is 0 Å². The second kappa shape index (κ2) is 6.33. The van der Waals surface area contributed by atoms with Gasteiger partial charge in [0.2, 0.25) is 15.0 Å². The van der Waals surface area contributed by atoms with Gasteiger partial charge in [0, 0.05) is 18.7 Å². The lowest BCUT2D eigenvalue weighted by Gasteiger charge is -2.26. The summed E-state index contributed by atoms with van der Waals surface area (Å²) in [5.41, 5.74) is 0.773. The molecule has 0 saturated carbocycles. The summed E-state index contributed by atoms with van der Waals surface area (Å²) in [4.78, 5) is 5.44. The molecular weight excluding hydrogens is 463 g/mol. The van der Waals surface area contributed by atoms with Gasteiger partial charge in [-0.1, -0.05) is 23.5 Å². The second-order valence-corrected chi connectivity index (χ2v) is 9.24. The van der Waals surface area contributed by atoms with Crippen molar-refractivity contribution < 1.29 is 13.2 Å². The Balaban J connectivity index is 1.71. The van der Waals surface area contributed by atoms with Crippen molar-refractivity contribution in [3.05, 3.63) is 34.2 Å². The third-order valence-corrected chi connectivity index (χ3v) is 7.09. The quantitative estimate of drug-likeness (QED) is 0.542. The van der Waals surface area contributed by atoms with Crippen LogP contribution in [-0.4, -0.2) is 53.6 Å². The Labute approximate surface area is 156 Å². The highest BCUT2D eigenvalue weighted by molar-refractivity contribution is 14.1. The fourth-order valence-electron chi connectivity index (χ4n) is 2.52. The van der Waals surface area contributed by atoms with E-state index < -0.39 is 10.0 Å². The molecule has 3 aromatic rings.